The molecular formula is C7H5ClN2O2S2. The Balaban J connectivity index is 2.94. The lowest BCUT2D eigenvalue weighted by Gasteiger charge is -1.96. The predicted molar refractivity (Wildman–Crippen MR) is 55.5 cm³/mol. The van der Waals surface area contributed by atoms with Gasteiger partial charge in [0.25, 0.3) is 0 Å². The summed E-state index contributed by atoms with van der Waals surface area (Å²) >= 11 is 7.04. The van der Waals surface area contributed by atoms with Crippen molar-refractivity contribution in [1.29, 1.82) is 0 Å². The molecule has 0 saturated carbocycles. The maximum atomic E-state index is 11.4. The van der Waals surface area contributed by atoms with Gasteiger partial charge in [-0.05, 0) is 0 Å². The SMILES string of the molecule is CS(=O)(=O)c1csc2ncnc(Cl)c12. The zero-order valence-electron chi connectivity index (χ0n) is 7.06. The number of hydrogen-bond acceptors (Lipinski definition) is 5. The molecule has 0 aliphatic rings. The van der Waals surface area contributed by atoms with Crippen molar-refractivity contribution in [2.24, 2.45) is 0 Å². The Morgan fingerprint density at radius 2 is 2.14 bits per heavy atom. The van der Waals surface area contributed by atoms with Crippen LogP contribution in [0, 0.1) is 0 Å². The van der Waals surface area contributed by atoms with Gasteiger partial charge in [-0.3, -0.25) is 0 Å². The first-order valence-corrected chi connectivity index (χ1v) is 6.73. The van der Waals surface area contributed by atoms with Gasteiger partial charge in [-0.15, -0.1) is 11.3 Å². The van der Waals surface area contributed by atoms with Gasteiger partial charge in [0.1, 0.15) is 16.3 Å². The molecule has 0 amide bonds. The Bertz CT molecular complexity index is 591. The Morgan fingerprint density at radius 3 is 2.79 bits per heavy atom. The van der Waals surface area contributed by atoms with E-state index in [1.165, 1.54) is 23.0 Å². The van der Waals surface area contributed by atoms with E-state index in [9.17, 15) is 8.42 Å². The molecule has 2 aromatic rings. The molecule has 2 rings (SSSR count). The van der Waals surface area contributed by atoms with Crippen LogP contribution in [0.3, 0.4) is 0 Å². The van der Waals surface area contributed by atoms with E-state index in [4.69, 9.17) is 11.6 Å². The Morgan fingerprint density at radius 1 is 1.43 bits per heavy atom. The first kappa shape index (κ1) is 9.82. The predicted octanol–water partition coefficient (Wildman–Crippen LogP) is 1.75. The fraction of sp³-hybridized carbons (Fsp3) is 0.143. The van der Waals surface area contributed by atoms with E-state index in [2.05, 4.69) is 9.97 Å². The lowest BCUT2D eigenvalue weighted by Crippen LogP contribution is -1.96. The third-order valence-corrected chi connectivity index (χ3v) is 4.13. The van der Waals surface area contributed by atoms with Gasteiger partial charge in [0.2, 0.25) is 0 Å². The van der Waals surface area contributed by atoms with Crippen LogP contribution >= 0.6 is 22.9 Å². The molecule has 0 fully saturated rings. The van der Waals surface area contributed by atoms with Crippen molar-refractivity contribution in [3.8, 4) is 0 Å². The molecule has 0 aliphatic heterocycles. The molecule has 14 heavy (non-hydrogen) atoms. The third kappa shape index (κ3) is 1.49. The Hall–Kier alpha value is -0.720. The van der Waals surface area contributed by atoms with E-state index < -0.39 is 9.84 Å². The molecule has 0 bridgehead atoms. The van der Waals surface area contributed by atoms with Crippen LogP contribution in [0.25, 0.3) is 10.2 Å². The van der Waals surface area contributed by atoms with Gasteiger partial charge in [0.15, 0.2) is 9.84 Å². The van der Waals surface area contributed by atoms with E-state index in [0.29, 0.717) is 10.2 Å². The molecule has 0 radical (unpaired) electrons. The smallest absolute Gasteiger partial charge is 0.177 e. The molecule has 0 saturated heterocycles. The molecule has 2 heterocycles. The van der Waals surface area contributed by atoms with Crippen molar-refractivity contribution in [2.75, 3.05) is 6.26 Å². The van der Waals surface area contributed by atoms with E-state index >= 15 is 0 Å². The summed E-state index contributed by atoms with van der Waals surface area (Å²) in [6.07, 6.45) is 2.45. The summed E-state index contributed by atoms with van der Waals surface area (Å²) in [5, 5.41) is 2.12. The van der Waals surface area contributed by atoms with E-state index in [-0.39, 0.29) is 10.0 Å². The molecule has 74 valence electrons. The topological polar surface area (TPSA) is 59.9 Å². The number of sulfone groups is 1. The number of thiophene rings is 1. The highest BCUT2D eigenvalue weighted by atomic mass is 35.5. The second-order valence-corrected chi connectivity index (χ2v) is 5.92. The molecule has 0 aliphatic carbocycles. The van der Waals surface area contributed by atoms with Crippen LogP contribution in [-0.4, -0.2) is 24.6 Å². The van der Waals surface area contributed by atoms with Crippen molar-refractivity contribution < 1.29 is 8.42 Å². The average Bonchev–Trinajstić information content (AvgIpc) is 2.47. The van der Waals surface area contributed by atoms with Gasteiger partial charge in [-0.25, -0.2) is 18.4 Å². The van der Waals surface area contributed by atoms with Gasteiger partial charge in [-0.2, -0.15) is 0 Å². The van der Waals surface area contributed by atoms with E-state index in [1.54, 1.807) is 0 Å². The Kier molecular flexibility index (Phi) is 2.21. The third-order valence-electron chi connectivity index (χ3n) is 1.69. The fourth-order valence-corrected chi connectivity index (χ4v) is 3.68. The second-order valence-electron chi connectivity index (χ2n) is 2.72. The average molecular weight is 249 g/mol. The monoisotopic (exact) mass is 248 g/mol. The van der Waals surface area contributed by atoms with Crippen LogP contribution in [0.4, 0.5) is 0 Å². The lowest BCUT2D eigenvalue weighted by atomic mass is 10.4. The zero-order chi connectivity index (χ0) is 10.3. The van der Waals surface area contributed by atoms with Crippen molar-refractivity contribution in [3.63, 3.8) is 0 Å². The van der Waals surface area contributed by atoms with Crippen molar-refractivity contribution in [2.45, 2.75) is 4.90 Å². The van der Waals surface area contributed by atoms with Crippen LogP contribution in [0.5, 0.6) is 0 Å². The molecule has 0 atom stereocenters. The maximum absolute atomic E-state index is 11.4. The minimum Gasteiger partial charge on any atom is -0.225 e. The number of rotatable bonds is 1. The minimum atomic E-state index is -3.26. The summed E-state index contributed by atoms with van der Waals surface area (Å²) in [6.45, 7) is 0. The summed E-state index contributed by atoms with van der Waals surface area (Å²) < 4.78 is 22.7. The van der Waals surface area contributed by atoms with Crippen LogP contribution < -0.4 is 0 Å². The van der Waals surface area contributed by atoms with Crippen LogP contribution in [-0.2, 0) is 9.84 Å². The first-order valence-electron chi connectivity index (χ1n) is 3.58. The van der Waals surface area contributed by atoms with Gasteiger partial charge >= 0.3 is 0 Å². The molecule has 0 spiro atoms. The van der Waals surface area contributed by atoms with E-state index in [0.717, 1.165) is 6.26 Å². The number of aromatic nitrogens is 2. The largest absolute Gasteiger partial charge is 0.225 e. The highest BCUT2D eigenvalue weighted by Crippen LogP contribution is 2.31. The summed E-state index contributed by atoms with van der Waals surface area (Å²) in [6, 6.07) is 0. The van der Waals surface area contributed by atoms with Gasteiger partial charge < -0.3 is 0 Å². The van der Waals surface area contributed by atoms with Crippen LogP contribution in [0.15, 0.2) is 16.6 Å². The quantitative estimate of drug-likeness (QED) is 0.722. The Labute approximate surface area is 89.5 Å². The van der Waals surface area contributed by atoms with Gasteiger partial charge in [-0.1, -0.05) is 11.6 Å². The number of hydrogen-bond donors (Lipinski definition) is 0. The van der Waals surface area contributed by atoms with Crippen molar-refractivity contribution in [1.82, 2.24) is 9.97 Å². The summed E-state index contributed by atoms with van der Waals surface area (Å²) in [5.74, 6) is 0. The summed E-state index contributed by atoms with van der Waals surface area (Å²) in [5.41, 5.74) is 0. The minimum absolute atomic E-state index is 0.177. The molecular weight excluding hydrogens is 244 g/mol. The van der Waals surface area contributed by atoms with Crippen LogP contribution in [0.1, 0.15) is 0 Å². The van der Waals surface area contributed by atoms with Crippen molar-refractivity contribution >= 4 is 43.0 Å². The molecule has 0 aromatic carbocycles. The molecule has 0 N–H and O–H groups in total. The lowest BCUT2D eigenvalue weighted by molar-refractivity contribution is 0.603. The number of nitrogens with zero attached hydrogens (tertiary/aromatic N) is 2. The molecule has 0 unspecified atom stereocenters. The van der Waals surface area contributed by atoms with Crippen LogP contribution in [0.2, 0.25) is 5.15 Å². The number of fused-ring (bicyclic) bond motifs is 1. The van der Waals surface area contributed by atoms with Gasteiger partial charge in [0.05, 0.1) is 10.3 Å². The van der Waals surface area contributed by atoms with Crippen molar-refractivity contribution in [3.05, 3.63) is 16.9 Å². The second kappa shape index (κ2) is 3.15. The van der Waals surface area contributed by atoms with E-state index in [1.807, 2.05) is 0 Å². The highest BCUT2D eigenvalue weighted by Gasteiger charge is 2.17. The normalized spacial score (nSPS) is 12.1. The number of halogens is 1. The molecule has 7 heteroatoms. The zero-order valence-corrected chi connectivity index (χ0v) is 9.45. The maximum Gasteiger partial charge on any atom is 0.177 e. The van der Waals surface area contributed by atoms with Gasteiger partial charge in [0, 0.05) is 11.6 Å². The highest BCUT2D eigenvalue weighted by molar-refractivity contribution is 7.91. The molecule has 2 aromatic heterocycles. The first-order chi connectivity index (χ1) is 6.50. The fourth-order valence-electron chi connectivity index (χ4n) is 1.09. The molecule has 4 nitrogen and oxygen atoms in total. The summed E-state index contributed by atoms with van der Waals surface area (Å²) in [7, 11) is -3.26. The summed E-state index contributed by atoms with van der Waals surface area (Å²) in [4.78, 5) is 8.47. The standard InChI is InChI=1S/C7H5ClN2O2S2/c1-14(11,12)4-2-13-7-5(4)6(8)9-3-10-7/h2-3H,1H3.